The van der Waals surface area contributed by atoms with Gasteiger partial charge in [-0.05, 0) is 32.6 Å². The normalized spacial score (nSPS) is 29.2. The van der Waals surface area contributed by atoms with Crippen LogP contribution in [-0.2, 0) is 4.79 Å². The molecule has 1 aliphatic rings. The molecule has 1 fully saturated rings. The van der Waals surface area contributed by atoms with Gasteiger partial charge in [-0.3, -0.25) is 9.89 Å². The highest BCUT2D eigenvalue weighted by Crippen LogP contribution is 2.36. The maximum absolute atomic E-state index is 11.1. The lowest BCUT2D eigenvalue weighted by molar-refractivity contribution is -0.144. The topological polar surface area (TPSA) is 105 Å². The molecule has 1 aliphatic carbocycles. The summed E-state index contributed by atoms with van der Waals surface area (Å²) in [5.74, 6) is -0.144. The van der Waals surface area contributed by atoms with Gasteiger partial charge < -0.3 is 10.8 Å². The summed E-state index contributed by atoms with van der Waals surface area (Å²) in [6.45, 7) is 1.84. The summed E-state index contributed by atoms with van der Waals surface area (Å²) < 4.78 is 0. The SMILES string of the molecule is Cc1nc(SC2CCCC(N)(C(=O)O)C2)n[nH]1. The van der Waals surface area contributed by atoms with Crippen LogP contribution in [0.4, 0.5) is 0 Å². The molecule has 94 valence electrons. The van der Waals surface area contributed by atoms with E-state index in [-0.39, 0.29) is 5.25 Å². The molecule has 17 heavy (non-hydrogen) atoms. The van der Waals surface area contributed by atoms with E-state index in [1.54, 1.807) is 0 Å². The van der Waals surface area contributed by atoms with Crippen molar-refractivity contribution < 1.29 is 9.90 Å². The number of nitrogens with one attached hydrogen (secondary N) is 1. The van der Waals surface area contributed by atoms with Gasteiger partial charge in [0.15, 0.2) is 0 Å². The molecule has 2 rings (SSSR count). The molecule has 6 nitrogen and oxygen atoms in total. The van der Waals surface area contributed by atoms with Crippen LogP contribution >= 0.6 is 11.8 Å². The molecule has 0 aliphatic heterocycles. The van der Waals surface area contributed by atoms with E-state index < -0.39 is 11.5 Å². The van der Waals surface area contributed by atoms with Crippen molar-refractivity contribution in [2.75, 3.05) is 0 Å². The first-order chi connectivity index (χ1) is 7.99. The molecule has 4 N–H and O–H groups in total. The average Bonchev–Trinajstić information content (AvgIpc) is 2.64. The Balaban J connectivity index is 2.00. The van der Waals surface area contributed by atoms with E-state index in [0.717, 1.165) is 18.7 Å². The number of carbonyl (C=O) groups is 1. The third-order valence-electron chi connectivity index (χ3n) is 3.02. The number of hydrogen-bond acceptors (Lipinski definition) is 5. The first kappa shape index (κ1) is 12.4. The maximum atomic E-state index is 11.1. The fraction of sp³-hybridized carbons (Fsp3) is 0.700. The van der Waals surface area contributed by atoms with Crippen molar-refractivity contribution in [3.63, 3.8) is 0 Å². The molecule has 1 saturated carbocycles. The van der Waals surface area contributed by atoms with Gasteiger partial charge >= 0.3 is 5.97 Å². The van der Waals surface area contributed by atoms with Gasteiger partial charge in [0.1, 0.15) is 11.4 Å². The van der Waals surface area contributed by atoms with Crippen LogP contribution < -0.4 is 5.73 Å². The predicted octanol–water partition coefficient (Wildman–Crippen LogP) is 0.930. The zero-order valence-corrected chi connectivity index (χ0v) is 10.5. The fourth-order valence-electron chi connectivity index (χ4n) is 2.07. The van der Waals surface area contributed by atoms with E-state index in [4.69, 9.17) is 10.8 Å². The maximum Gasteiger partial charge on any atom is 0.323 e. The van der Waals surface area contributed by atoms with Crippen LogP contribution in [0.15, 0.2) is 5.16 Å². The Hall–Kier alpha value is -1.08. The van der Waals surface area contributed by atoms with Gasteiger partial charge in [-0.15, -0.1) is 5.10 Å². The lowest BCUT2D eigenvalue weighted by Gasteiger charge is -2.33. The van der Waals surface area contributed by atoms with Gasteiger partial charge in [0.2, 0.25) is 5.16 Å². The molecule has 2 unspecified atom stereocenters. The van der Waals surface area contributed by atoms with Crippen LogP contribution in [-0.4, -0.2) is 37.0 Å². The highest BCUT2D eigenvalue weighted by atomic mass is 32.2. The predicted molar refractivity (Wildman–Crippen MR) is 63.8 cm³/mol. The van der Waals surface area contributed by atoms with Crippen LogP contribution in [0.5, 0.6) is 0 Å². The molecular formula is C10H16N4O2S. The number of nitrogens with zero attached hydrogens (tertiary/aromatic N) is 2. The molecule has 0 spiro atoms. The number of aromatic amines is 1. The van der Waals surface area contributed by atoms with Crippen LogP contribution in [0.1, 0.15) is 31.5 Å². The van der Waals surface area contributed by atoms with Gasteiger partial charge in [-0.2, -0.15) is 0 Å². The van der Waals surface area contributed by atoms with E-state index in [1.165, 1.54) is 11.8 Å². The smallest absolute Gasteiger partial charge is 0.323 e. The summed E-state index contributed by atoms with van der Waals surface area (Å²) >= 11 is 1.51. The summed E-state index contributed by atoms with van der Waals surface area (Å²) in [5, 5.41) is 16.8. The Morgan fingerprint density at radius 2 is 2.47 bits per heavy atom. The highest BCUT2D eigenvalue weighted by molar-refractivity contribution is 7.99. The number of hydrogen-bond donors (Lipinski definition) is 3. The van der Waals surface area contributed by atoms with Crippen molar-refractivity contribution in [3.05, 3.63) is 5.82 Å². The van der Waals surface area contributed by atoms with E-state index in [0.29, 0.717) is 18.0 Å². The molecule has 1 aromatic heterocycles. The molecule has 0 saturated heterocycles. The lowest BCUT2D eigenvalue weighted by Crippen LogP contribution is -2.51. The van der Waals surface area contributed by atoms with Crippen LogP contribution in [0.2, 0.25) is 0 Å². The molecule has 0 aromatic carbocycles. The number of aryl methyl sites for hydroxylation is 1. The first-order valence-electron chi connectivity index (χ1n) is 5.57. The minimum atomic E-state index is -1.08. The van der Waals surface area contributed by atoms with E-state index >= 15 is 0 Å². The Morgan fingerprint density at radius 1 is 1.71 bits per heavy atom. The van der Waals surface area contributed by atoms with Gasteiger partial charge in [0.05, 0.1) is 0 Å². The monoisotopic (exact) mass is 256 g/mol. The van der Waals surface area contributed by atoms with Gasteiger partial charge in [-0.1, -0.05) is 11.8 Å². The van der Waals surface area contributed by atoms with Crippen LogP contribution in [0, 0.1) is 6.92 Å². The van der Waals surface area contributed by atoms with Crippen molar-refractivity contribution >= 4 is 17.7 Å². The van der Waals surface area contributed by atoms with Crippen molar-refractivity contribution in [1.82, 2.24) is 15.2 Å². The zero-order chi connectivity index (χ0) is 12.5. The third-order valence-corrected chi connectivity index (χ3v) is 4.14. The standard InChI is InChI=1S/C10H16N4O2S/c1-6-12-9(14-13-6)17-7-3-2-4-10(11,5-7)8(15)16/h7H,2-5,11H2,1H3,(H,15,16)(H,12,13,14). The summed E-state index contributed by atoms with van der Waals surface area (Å²) in [5.41, 5.74) is 4.81. The van der Waals surface area contributed by atoms with Gasteiger partial charge in [0.25, 0.3) is 0 Å². The summed E-state index contributed by atoms with van der Waals surface area (Å²) in [6.07, 6.45) is 2.82. The Kier molecular flexibility index (Phi) is 3.39. The van der Waals surface area contributed by atoms with Crippen molar-refractivity contribution in [2.45, 2.75) is 48.6 Å². The molecule has 0 radical (unpaired) electrons. The number of rotatable bonds is 3. The number of aromatic nitrogens is 3. The fourth-order valence-corrected chi connectivity index (χ4v) is 3.33. The van der Waals surface area contributed by atoms with Crippen LogP contribution in [0.25, 0.3) is 0 Å². The second kappa shape index (κ2) is 4.66. The number of nitrogens with two attached hydrogens (primary N) is 1. The summed E-state index contributed by atoms with van der Waals surface area (Å²) in [4.78, 5) is 15.3. The molecule has 0 bridgehead atoms. The molecule has 0 amide bonds. The van der Waals surface area contributed by atoms with E-state index in [9.17, 15) is 4.79 Å². The van der Waals surface area contributed by atoms with Crippen molar-refractivity contribution in [3.8, 4) is 0 Å². The number of thioether (sulfide) groups is 1. The van der Waals surface area contributed by atoms with E-state index in [1.807, 2.05) is 6.92 Å². The second-order valence-corrected chi connectivity index (χ2v) is 5.77. The van der Waals surface area contributed by atoms with Gasteiger partial charge in [-0.25, -0.2) is 4.98 Å². The average molecular weight is 256 g/mol. The zero-order valence-electron chi connectivity index (χ0n) is 9.64. The number of carboxylic acids is 1. The minimum absolute atomic E-state index is 0.181. The molecule has 1 heterocycles. The second-order valence-electron chi connectivity index (χ2n) is 4.50. The Labute approximate surface area is 103 Å². The largest absolute Gasteiger partial charge is 0.480 e. The van der Waals surface area contributed by atoms with Gasteiger partial charge in [0, 0.05) is 5.25 Å². The third kappa shape index (κ3) is 2.78. The highest BCUT2D eigenvalue weighted by Gasteiger charge is 2.39. The number of aliphatic carboxylic acids is 1. The number of H-pyrrole nitrogens is 1. The summed E-state index contributed by atoms with van der Waals surface area (Å²) in [6, 6.07) is 0. The summed E-state index contributed by atoms with van der Waals surface area (Å²) in [7, 11) is 0. The molecule has 2 atom stereocenters. The van der Waals surface area contributed by atoms with E-state index in [2.05, 4.69) is 15.2 Å². The quantitative estimate of drug-likeness (QED) is 0.743. The number of carboxylic acid groups (broad SMARTS) is 1. The van der Waals surface area contributed by atoms with Crippen molar-refractivity contribution in [2.24, 2.45) is 5.73 Å². The Morgan fingerprint density at radius 3 is 3.06 bits per heavy atom. The van der Waals surface area contributed by atoms with Crippen LogP contribution in [0.3, 0.4) is 0 Å². The van der Waals surface area contributed by atoms with Crippen molar-refractivity contribution in [1.29, 1.82) is 0 Å². The molecular weight excluding hydrogens is 240 g/mol. The minimum Gasteiger partial charge on any atom is -0.480 e. The Bertz CT molecular complexity index is 422. The molecule has 7 heteroatoms. The lowest BCUT2D eigenvalue weighted by atomic mass is 9.82. The first-order valence-corrected chi connectivity index (χ1v) is 6.45. The molecule has 1 aromatic rings.